The minimum Gasteiger partial charge on any atom is -0.446 e. The molecule has 55 heavy (non-hydrogen) atoms. The quantitative estimate of drug-likeness (QED) is 0.236. The monoisotopic (exact) mass is 783 g/mol. The van der Waals surface area contributed by atoms with Gasteiger partial charge in [-0.1, -0.05) is 80.9 Å². The summed E-state index contributed by atoms with van der Waals surface area (Å²) in [6.07, 6.45) is -0.617. The Morgan fingerprint density at radius 3 is 2.04 bits per heavy atom. The molecule has 16 heteroatoms. The first-order chi connectivity index (χ1) is 26.1. The molecule has 13 nitrogen and oxygen atoms in total. The van der Waals surface area contributed by atoms with Crippen molar-refractivity contribution in [1.29, 1.82) is 0 Å². The van der Waals surface area contributed by atoms with Crippen LogP contribution in [0, 0.1) is 11.3 Å². The van der Waals surface area contributed by atoms with Gasteiger partial charge in [0.05, 0.1) is 17.7 Å². The van der Waals surface area contributed by atoms with Gasteiger partial charge in [-0.3, -0.25) is 19.1 Å². The Morgan fingerprint density at radius 2 is 1.49 bits per heavy atom. The third-order valence-corrected chi connectivity index (χ3v) is 13.1. The topological polar surface area (TPSA) is 173 Å². The number of alkyl carbamates (subject to hydrolysis) is 1. The van der Waals surface area contributed by atoms with Gasteiger partial charge in [0.1, 0.15) is 35.5 Å². The summed E-state index contributed by atoms with van der Waals surface area (Å²) >= 11 is 0. The van der Waals surface area contributed by atoms with Crippen LogP contribution in [0.1, 0.15) is 89.7 Å². The summed E-state index contributed by atoms with van der Waals surface area (Å²) in [6, 6.07) is 12.8. The van der Waals surface area contributed by atoms with Crippen LogP contribution >= 0.6 is 0 Å². The molecule has 0 spiro atoms. The van der Waals surface area contributed by atoms with E-state index in [0.29, 0.717) is 31.4 Å². The molecule has 0 bridgehead atoms. The Morgan fingerprint density at radius 1 is 0.891 bits per heavy atom. The van der Waals surface area contributed by atoms with Crippen molar-refractivity contribution in [3.8, 4) is 11.1 Å². The van der Waals surface area contributed by atoms with Gasteiger partial charge in [-0.25, -0.2) is 22.0 Å². The molecule has 4 fully saturated rings. The van der Waals surface area contributed by atoms with Gasteiger partial charge in [0.15, 0.2) is 0 Å². The Bertz CT molecular complexity index is 1950. The molecule has 4 aliphatic carbocycles. The van der Waals surface area contributed by atoms with Crippen LogP contribution in [-0.2, 0) is 34.0 Å². The lowest BCUT2D eigenvalue weighted by Gasteiger charge is -2.35. The van der Waals surface area contributed by atoms with Crippen LogP contribution in [0.4, 0.5) is 13.6 Å². The molecule has 0 unspecified atom stereocenters. The molecule has 1 aliphatic heterocycles. The fourth-order valence-electron chi connectivity index (χ4n) is 7.93. The highest BCUT2D eigenvalue weighted by Gasteiger charge is 2.67. The van der Waals surface area contributed by atoms with E-state index in [-0.39, 0.29) is 19.1 Å². The van der Waals surface area contributed by atoms with Gasteiger partial charge in [0.25, 0.3) is 5.91 Å². The van der Waals surface area contributed by atoms with Gasteiger partial charge in [-0.2, -0.15) is 0 Å². The zero-order chi connectivity index (χ0) is 39.3. The van der Waals surface area contributed by atoms with Gasteiger partial charge in [-0.15, -0.1) is 0 Å². The average molecular weight is 784 g/mol. The Kier molecular flexibility index (Phi) is 10.4. The number of nitrogens with zero attached hydrogens (tertiary/aromatic N) is 2. The number of fused-ring (bicyclic) bond motifs is 3. The second kappa shape index (κ2) is 14.8. The number of hydrogen-bond donors (Lipinski definition) is 3. The van der Waals surface area contributed by atoms with Gasteiger partial charge >= 0.3 is 6.09 Å². The molecular weight excluding hydrogens is 737 g/mol. The smallest absolute Gasteiger partial charge is 0.408 e. The fourth-order valence-corrected chi connectivity index (χ4v) is 9.29. The molecule has 4 amide bonds. The first-order valence-electron chi connectivity index (χ1n) is 19.0. The standard InChI is InChI=1S/C39H47F2N5O8S/c1-38(2,3)32(42-37(50)53-22-11-5-4-6-12-22)35(48)46-21-23(54-44-31-27-15-9-7-13-25(27)26-14-8-10-16-28(26)31)19-30(46)34(47)43-39(20-29(39)33(40)41)36(49)45-55(51,52)24-17-18-24/h7-10,13-16,22-24,29-30,32-33H,4-6,11-12,17-21H2,1-3H3,(H,42,50)(H,43,47)(H,45,49)/t23-,29+,30+,32-,39+/m1/s1. The van der Waals surface area contributed by atoms with Gasteiger partial charge in [0.2, 0.25) is 28.3 Å². The molecule has 0 radical (unpaired) electrons. The number of amides is 4. The van der Waals surface area contributed by atoms with E-state index in [1.165, 1.54) is 4.90 Å². The van der Waals surface area contributed by atoms with Crippen molar-refractivity contribution in [2.75, 3.05) is 6.54 Å². The molecule has 2 aromatic rings. The highest BCUT2D eigenvalue weighted by molar-refractivity contribution is 7.91. The van der Waals surface area contributed by atoms with E-state index >= 15 is 0 Å². The highest BCUT2D eigenvalue weighted by Crippen LogP contribution is 2.48. The number of carbonyl (C=O) groups excluding carboxylic acids is 4. The molecule has 5 aliphatic rings. The third-order valence-electron chi connectivity index (χ3n) is 11.3. The van der Waals surface area contributed by atoms with E-state index in [1.54, 1.807) is 20.8 Å². The summed E-state index contributed by atoms with van der Waals surface area (Å²) in [5.74, 6) is -4.48. The van der Waals surface area contributed by atoms with Crippen LogP contribution in [0.3, 0.4) is 0 Å². The summed E-state index contributed by atoms with van der Waals surface area (Å²) in [5.41, 5.74) is 1.06. The van der Waals surface area contributed by atoms with Gasteiger partial charge in [0, 0.05) is 17.5 Å². The first kappa shape index (κ1) is 38.7. The zero-order valence-corrected chi connectivity index (χ0v) is 31.9. The number of carbonyl (C=O) groups is 4. The zero-order valence-electron chi connectivity index (χ0n) is 31.1. The second-order valence-electron chi connectivity index (χ2n) is 16.4. The number of benzene rings is 2. The van der Waals surface area contributed by atoms with Crippen molar-refractivity contribution in [3.63, 3.8) is 0 Å². The van der Waals surface area contributed by atoms with Crippen LogP contribution in [0.5, 0.6) is 0 Å². The van der Waals surface area contributed by atoms with Crippen LogP contribution in [0.25, 0.3) is 11.1 Å². The average Bonchev–Trinajstić information content (AvgIpc) is 4.06. The third kappa shape index (κ3) is 7.92. The van der Waals surface area contributed by atoms with E-state index < -0.39 is 87.0 Å². The molecular formula is C39H47F2N5O8S. The highest BCUT2D eigenvalue weighted by atomic mass is 32.2. The molecule has 296 valence electrons. The van der Waals surface area contributed by atoms with Crippen LogP contribution in [0.2, 0.25) is 0 Å². The molecule has 2 aromatic carbocycles. The number of likely N-dealkylation sites (tertiary alicyclic amines) is 1. The lowest BCUT2D eigenvalue weighted by molar-refractivity contribution is -0.143. The number of ether oxygens (including phenoxy) is 1. The molecule has 3 N–H and O–H groups in total. The van der Waals surface area contributed by atoms with E-state index in [2.05, 4.69) is 15.8 Å². The molecule has 1 heterocycles. The maximum atomic E-state index is 14.5. The minimum atomic E-state index is -4.12. The van der Waals surface area contributed by atoms with Crippen LogP contribution < -0.4 is 15.4 Å². The number of sulfonamides is 1. The lowest BCUT2D eigenvalue weighted by Crippen LogP contribution is -2.60. The van der Waals surface area contributed by atoms with E-state index in [4.69, 9.17) is 9.57 Å². The maximum absolute atomic E-state index is 14.5. The summed E-state index contributed by atoms with van der Waals surface area (Å²) in [6.45, 7) is 5.06. The van der Waals surface area contributed by atoms with E-state index in [0.717, 1.165) is 41.5 Å². The summed E-state index contributed by atoms with van der Waals surface area (Å²) in [7, 11) is -4.12. The predicted molar refractivity (Wildman–Crippen MR) is 197 cm³/mol. The second-order valence-corrected chi connectivity index (χ2v) is 18.4. The fraction of sp³-hybridized carbons (Fsp3) is 0.564. The summed E-state index contributed by atoms with van der Waals surface area (Å²) in [4.78, 5) is 62.6. The molecule has 0 aromatic heterocycles. The van der Waals surface area contributed by atoms with Crippen molar-refractivity contribution in [2.45, 2.75) is 120 Å². The van der Waals surface area contributed by atoms with E-state index in [9.17, 15) is 36.4 Å². The van der Waals surface area contributed by atoms with Crippen molar-refractivity contribution < 1.29 is 46.0 Å². The molecule has 3 saturated carbocycles. The predicted octanol–water partition coefficient (Wildman–Crippen LogP) is 4.63. The SMILES string of the molecule is CC(C)(C)[C@H](NC(=O)OC1CCCCC1)C(=O)N1C[C@H](ON=C2c3ccccc3-c3ccccc32)C[C@H]1C(=O)N[C@@]1(C(=O)NS(=O)(=O)C2CC2)C[C@H]1C(F)F. The van der Waals surface area contributed by atoms with Crippen molar-refractivity contribution in [3.05, 3.63) is 59.7 Å². The number of halogens is 2. The Balaban J connectivity index is 1.16. The first-order valence-corrected chi connectivity index (χ1v) is 20.5. The lowest BCUT2D eigenvalue weighted by atomic mass is 9.85. The molecule has 1 saturated heterocycles. The van der Waals surface area contributed by atoms with Gasteiger partial charge in [-0.05, 0) is 61.5 Å². The van der Waals surface area contributed by atoms with Crippen LogP contribution in [0.15, 0.2) is 53.7 Å². The van der Waals surface area contributed by atoms with Gasteiger partial charge < -0.3 is 25.1 Å². The maximum Gasteiger partial charge on any atom is 0.408 e. The van der Waals surface area contributed by atoms with Crippen molar-refractivity contribution >= 4 is 39.5 Å². The number of alkyl halides is 2. The van der Waals surface area contributed by atoms with Crippen molar-refractivity contribution in [1.82, 2.24) is 20.3 Å². The van der Waals surface area contributed by atoms with Crippen molar-refractivity contribution in [2.24, 2.45) is 16.5 Å². The Labute approximate surface area is 319 Å². The minimum absolute atomic E-state index is 0.140. The molecule has 7 rings (SSSR count). The molecule has 5 atom stereocenters. The summed E-state index contributed by atoms with van der Waals surface area (Å²) in [5, 5.41) is 8.86. The largest absolute Gasteiger partial charge is 0.446 e. The van der Waals surface area contributed by atoms with E-state index in [1.807, 2.05) is 53.3 Å². The normalized spacial score (nSPS) is 25.4. The Hall–Kier alpha value is -4.60. The number of nitrogens with one attached hydrogen (secondary N) is 3. The number of oxime groups is 1. The summed E-state index contributed by atoms with van der Waals surface area (Å²) < 4.78 is 61.1. The number of hydrogen-bond acceptors (Lipinski definition) is 9. The number of rotatable bonds is 11. The van der Waals surface area contributed by atoms with Crippen LogP contribution in [-0.4, -0.2) is 90.9 Å².